The van der Waals surface area contributed by atoms with Gasteiger partial charge in [0.2, 0.25) is 0 Å². The molecule has 2 rings (SSSR count). The second-order valence-electron chi connectivity index (χ2n) is 4.24. The summed E-state index contributed by atoms with van der Waals surface area (Å²) in [5.41, 5.74) is 0.958. The molecule has 1 aromatic carbocycles. The number of aromatic amines is 1. The van der Waals surface area contributed by atoms with Crippen LogP contribution in [0, 0.1) is 0 Å². The molecule has 114 valence electrons. The number of hydrogen-bond donors (Lipinski definition) is 3. The maximum atomic E-state index is 12.4. The van der Waals surface area contributed by atoms with E-state index in [9.17, 15) is 8.42 Å². The van der Waals surface area contributed by atoms with Crippen LogP contribution in [0.15, 0.2) is 33.9 Å². The van der Waals surface area contributed by atoms with Crippen molar-refractivity contribution >= 4 is 43.2 Å². The molecular formula is C12H14BrClN4O2S. The van der Waals surface area contributed by atoms with Crippen molar-refractivity contribution in [2.75, 3.05) is 11.3 Å². The Balaban J connectivity index is 2.26. The number of sulfonamides is 1. The Morgan fingerprint density at radius 2 is 2.19 bits per heavy atom. The molecule has 0 saturated heterocycles. The van der Waals surface area contributed by atoms with Crippen molar-refractivity contribution in [2.24, 2.45) is 0 Å². The number of halogens is 2. The Hall–Kier alpha value is -1.09. The van der Waals surface area contributed by atoms with E-state index in [0.717, 1.165) is 6.54 Å². The number of H-pyrrole nitrogens is 1. The fourth-order valence-electron chi connectivity index (χ4n) is 1.68. The van der Waals surface area contributed by atoms with Gasteiger partial charge in [-0.2, -0.15) is 13.5 Å². The molecule has 0 radical (unpaired) electrons. The fraction of sp³-hybridized carbons (Fsp3) is 0.250. The Morgan fingerprint density at radius 3 is 2.86 bits per heavy atom. The first-order chi connectivity index (χ1) is 9.94. The molecule has 0 aliphatic carbocycles. The third-order valence-corrected chi connectivity index (χ3v) is 5.31. The predicted octanol–water partition coefficient (Wildman–Crippen LogP) is 2.74. The van der Waals surface area contributed by atoms with Crippen molar-refractivity contribution in [3.8, 4) is 0 Å². The number of nitrogens with zero attached hydrogens (tertiary/aromatic N) is 1. The maximum Gasteiger partial charge on any atom is 0.279 e. The van der Waals surface area contributed by atoms with Crippen molar-refractivity contribution in [1.82, 2.24) is 15.5 Å². The standard InChI is InChI=1S/C12H14BrClN4O2S/c1-2-15-6-8-7-16-17-12(8)21(19,20)18-9-3-4-10(13)11(14)5-9/h3-5,7,15,18H,2,6H2,1H3,(H,16,17). The molecule has 3 N–H and O–H groups in total. The summed E-state index contributed by atoms with van der Waals surface area (Å²) in [6.45, 7) is 3.10. The summed E-state index contributed by atoms with van der Waals surface area (Å²) in [7, 11) is -3.74. The van der Waals surface area contributed by atoms with Crippen LogP contribution in [0.2, 0.25) is 5.02 Å². The Labute approximate surface area is 136 Å². The lowest BCUT2D eigenvalue weighted by molar-refractivity contribution is 0.594. The highest BCUT2D eigenvalue weighted by Crippen LogP contribution is 2.27. The molecule has 21 heavy (non-hydrogen) atoms. The van der Waals surface area contributed by atoms with Crippen LogP contribution in [0.3, 0.4) is 0 Å². The highest BCUT2D eigenvalue weighted by molar-refractivity contribution is 9.10. The quantitative estimate of drug-likeness (QED) is 0.704. The monoisotopic (exact) mass is 392 g/mol. The minimum Gasteiger partial charge on any atom is -0.313 e. The molecule has 9 heteroatoms. The van der Waals surface area contributed by atoms with Gasteiger partial charge in [0.25, 0.3) is 10.0 Å². The molecule has 0 aliphatic rings. The minimum absolute atomic E-state index is 0.0440. The Morgan fingerprint density at radius 1 is 1.43 bits per heavy atom. The number of aromatic nitrogens is 2. The van der Waals surface area contributed by atoms with Crippen LogP contribution in [0.25, 0.3) is 0 Å². The largest absolute Gasteiger partial charge is 0.313 e. The Kier molecular flexibility index (Phi) is 5.26. The number of benzene rings is 1. The normalized spacial score (nSPS) is 11.6. The van der Waals surface area contributed by atoms with Crippen LogP contribution in [0.4, 0.5) is 5.69 Å². The molecule has 0 fully saturated rings. The molecule has 0 saturated carbocycles. The van der Waals surface area contributed by atoms with Gasteiger partial charge in [-0.25, -0.2) is 0 Å². The van der Waals surface area contributed by atoms with E-state index in [4.69, 9.17) is 11.6 Å². The van der Waals surface area contributed by atoms with Gasteiger partial charge in [-0.3, -0.25) is 9.82 Å². The average molecular weight is 394 g/mol. The van der Waals surface area contributed by atoms with E-state index in [-0.39, 0.29) is 5.03 Å². The van der Waals surface area contributed by atoms with E-state index < -0.39 is 10.0 Å². The van der Waals surface area contributed by atoms with Gasteiger partial charge >= 0.3 is 0 Å². The zero-order valence-corrected chi connectivity index (χ0v) is 14.3. The molecule has 0 amide bonds. The van der Waals surface area contributed by atoms with E-state index in [1.807, 2.05) is 6.92 Å². The molecule has 0 aliphatic heterocycles. The number of nitrogens with one attached hydrogen (secondary N) is 3. The molecule has 0 atom stereocenters. The van der Waals surface area contributed by atoms with Gasteiger partial charge < -0.3 is 5.32 Å². The van der Waals surface area contributed by atoms with Crippen molar-refractivity contribution in [3.05, 3.63) is 39.5 Å². The maximum absolute atomic E-state index is 12.4. The fourth-order valence-corrected chi connectivity index (χ4v) is 3.29. The number of anilines is 1. The lowest BCUT2D eigenvalue weighted by Crippen LogP contribution is -2.18. The van der Waals surface area contributed by atoms with Crippen LogP contribution in [0.5, 0.6) is 0 Å². The molecule has 0 unspecified atom stereocenters. The molecule has 6 nitrogen and oxygen atoms in total. The molecule has 2 aromatic rings. The summed E-state index contributed by atoms with van der Waals surface area (Å²) in [5, 5.41) is 9.85. The summed E-state index contributed by atoms with van der Waals surface area (Å²) < 4.78 is 27.9. The predicted molar refractivity (Wildman–Crippen MR) is 85.9 cm³/mol. The first-order valence-electron chi connectivity index (χ1n) is 6.15. The summed E-state index contributed by atoms with van der Waals surface area (Å²) in [5.74, 6) is 0. The summed E-state index contributed by atoms with van der Waals surface area (Å²) in [4.78, 5) is 0. The third kappa shape index (κ3) is 3.97. The van der Waals surface area contributed by atoms with Crippen LogP contribution in [0.1, 0.15) is 12.5 Å². The number of rotatable bonds is 6. The van der Waals surface area contributed by atoms with E-state index >= 15 is 0 Å². The van der Waals surface area contributed by atoms with Crippen LogP contribution >= 0.6 is 27.5 Å². The summed E-state index contributed by atoms with van der Waals surface area (Å²) >= 11 is 9.21. The first kappa shape index (κ1) is 16.3. The highest BCUT2D eigenvalue weighted by atomic mass is 79.9. The lowest BCUT2D eigenvalue weighted by atomic mass is 10.3. The van der Waals surface area contributed by atoms with Gasteiger partial charge in [-0.1, -0.05) is 18.5 Å². The lowest BCUT2D eigenvalue weighted by Gasteiger charge is -2.09. The Bertz CT molecular complexity index is 733. The number of hydrogen-bond acceptors (Lipinski definition) is 4. The van der Waals surface area contributed by atoms with Crippen molar-refractivity contribution in [1.29, 1.82) is 0 Å². The smallest absolute Gasteiger partial charge is 0.279 e. The van der Waals surface area contributed by atoms with Crippen LogP contribution < -0.4 is 10.0 Å². The van der Waals surface area contributed by atoms with Gasteiger partial charge in [-0.15, -0.1) is 0 Å². The van der Waals surface area contributed by atoms with Crippen molar-refractivity contribution in [3.63, 3.8) is 0 Å². The van der Waals surface area contributed by atoms with Gasteiger partial charge in [0.1, 0.15) is 0 Å². The van der Waals surface area contributed by atoms with Gasteiger partial charge in [0, 0.05) is 16.6 Å². The SMILES string of the molecule is CCNCc1cn[nH]c1S(=O)(=O)Nc1ccc(Br)c(Cl)c1. The average Bonchev–Trinajstić information content (AvgIpc) is 2.89. The second-order valence-corrected chi connectivity index (χ2v) is 7.12. The highest BCUT2D eigenvalue weighted by Gasteiger charge is 2.21. The molecular weight excluding hydrogens is 380 g/mol. The van der Waals surface area contributed by atoms with Crippen LogP contribution in [-0.4, -0.2) is 25.2 Å². The topological polar surface area (TPSA) is 86.9 Å². The van der Waals surface area contributed by atoms with Crippen molar-refractivity contribution in [2.45, 2.75) is 18.5 Å². The van der Waals surface area contributed by atoms with E-state index in [1.54, 1.807) is 12.1 Å². The molecule has 0 bridgehead atoms. The van der Waals surface area contributed by atoms with Crippen LogP contribution in [-0.2, 0) is 16.6 Å². The summed E-state index contributed by atoms with van der Waals surface area (Å²) in [6, 6.07) is 4.82. The molecule has 1 heterocycles. The van der Waals surface area contributed by atoms with E-state index in [1.165, 1.54) is 12.3 Å². The van der Waals surface area contributed by atoms with Gasteiger partial charge in [-0.05, 0) is 40.7 Å². The molecule has 1 aromatic heterocycles. The summed E-state index contributed by atoms with van der Waals surface area (Å²) in [6.07, 6.45) is 1.49. The third-order valence-electron chi connectivity index (χ3n) is 2.68. The first-order valence-corrected chi connectivity index (χ1v) is 8.80. The van der Waals surface area contributed by atoms with Gasteiger partial charge in [0.15, 0.2) is 5.03 Å². The molecule has 0 spiro atoms. The zero-order valence-electron chi connectivity index (χ0n) is 11.2. The minimum atomic E-state index is -3.74. The second kappa shape index (κ2) is 6.78. The van der Waals surface area contributed by atoms with E-state index in [0.29, 0.717) is 27.3 Å². The van der Waals surface area contributed by atoms with Gasteiger partial charge in [0.05, 0.1) is 16.9 Å². The van der Waals surface area contributed by atoms with Crippen molar-refractivity contribution < 1.29 is 8.42 Å². The zero-order chi connectivity index (χ0) is 15.5. The van der Waals surface area contributed by atoms with E-state index in [2.05, 4.69) is 36.2 Å².